The van der Waals surface area contributed by atoms with E-state index in [1.54, 1.807) is 12.1 Å². The van der Waals surface area contributed by atoms with Gasteiger partial charge < -0.3 is 10.6 Å². The van der Waals surface area contributed by atoms with Crippen molar-refractivity contribution < 1.29 is 17.6 Å². The molecule has 0 aliphatic carbocycles. The van der Waals surface area contributed by atoms with Crippen LogP contribution in [0.3, 0.4) is 0 Å². The normalized spacial score (nSPS) is 19.0. The van der Waals surface area contributed by atoms with Gasteiger partial charge in [-0.3, -0.25) is 9.78 Å². The second kappa shape index (κ2) is 6.56. The van der Waals surface area contributed by atoms with Crippen LogP contribution in [0.4, 0.5) is 15.8 Å². The number of hydrogen-bond donors (Lipinski definition) is 2. The number of anilines is 2. The maximum absolute atomic E-state index is 13.2. The SMILES string of the molecule is O=C(Nc1cccc(F)c1)c1cncc(NC2CCS(=O)(=O)C2)c1. The fourth-order valence-corrected chi connectivity index (χ4v) is 4.23. The topological polar surface area (TPSA) is 88.2 Å². The molecule has 1 aromatic heterocycles. The van der Waals surface area contributed by atoms with Crippen molar-refractivity contribution in [2.75, 3.05) is 22.1 Å². The highest BCUT2D eigenvalue weighted by Gasteiger charge is 2.27. The van der Waals surface area contributed by atoms with E-state index in [9.17, 15) is 17.6 Å². The quantitative estimate of drug-likeness (QED) is 0.882. The maximum atomic E-state index is 13.2. The third-order valence-corrected chi connectivity index (χ3v) is 5.45. The summed E-state index contributed by atoms with van der Waals surface area (Å²) in [6.45, 7) is 0. The summed E-state index contributed by atoms with van der Waals surface area (Å²) in [5.41, 5.74) is 1.22. The van der Waals surface area contributed by atoms with Crippen LogP contribution in [0.15, 0.2) is 42.7 Å². The molecule has 1 amide bonds. The van der Waals surface area contributed by atoms with Gasteiger partial charge in [-0.2, -0.15) is 0 Å². The van der Waals surface area contributed by atoms with Gasteiger partial charge in [0.2, 0.25) is 0 Å². The lowest BCUT2D eigenvalue weighted by Gasteiger charge is -2.13. The lowest BCUT2D eigenvalue weighted by Crippen LogP contribution is -2.21. The lowest BCUT2D eigenvalue weighted by atomic mass is 10.2. The molecule has 0 saturated carbocycles. The summed E-state index contributed by atoms with van der Waals surface area (Å²) in [6, 6.07) is 7.00. The van der Waals surface area contributed by atoms with Gasteiger partial charge in [-0.25, -0.2) is 12.8 Å². The van der Waals surface area contributed by atoms with E-state index in [1.807, 2.05) is 0 Å². The van der Waals surface area contributed by atoms with E-state index in [2.05, 4.69) is 15.6 Å². The van der Waals surface area contributed by atoms with Crippen LogP contribution in [-0.2, 0) is 9.84 Å². The van der Waals surface area contributed by atoms with Gasteiger partial charge in [0.15, 0.2) is 9.84 Å². The first-order valence-corrected chi connectivity index (χ1v) is 9.22. The molecule has 8 heteroatoms. The molecular formula is C16H16FN3O3S. The molecule has 6 nitrogen and oxygen atoms in total. The minimum Gasteiger partial charge on any atom is -0.380 e. The van der Waals surface area contributed by atoms with E-state index in [1.165, 1.54) is 30.6 Å². The molecule has 1 aliphatic rings. The monoisotopic (exact) mass is 349 g/mol. The van der Waals surface area contributed by atoms with Crippen LogP contribution in [0.1, 0.15) is 16.8 Å². The highest BCUT2D eigenvalue weighted by Crippen LogP contribution is 2.18. The van der Waals surface area contributed by atoms with Gasteiger partial charge >= 0.3 is 0 Å². The van der Waals surface area contributed by atoms with Crippen molar-refractivity contribution in [3.8, 4) is 0 Å². The molecule has 3 rings (SSSR count). The van der Waals surface area contributed by atoms with Crippen LogP contribution in [-0.4, -0.2) is 36.9 Å². The summed E-state index contributed by atoms with van der Waals surface area (Å²) in [6.07, 6.45) is 3.46. The minimum atomic E-state index is -2.98. The number of nitrogens with zero attached hydrogens (tertiary/aromatic N) is 1. The molecule has 1 aliphatic heterocycles. The van der Waals surface area contributed by atoms with Crippen LogP contribution in [0.5, 0.6) is 0 Å². The van der Waals surface area contributed by atoms with Gasteiger partial charge in [0.1, 0.15) is 5.82 Å². The van der Waals surface area contributed by atoms with Gasteiger partial charge in [0.25, 0.3) is 5.91 Å². The van der Waals surface area contributed by atoms with Crippen molar-refractivity contribution in [1.82, 2.24) is 4.98 Å². The van der Waals surface area contributed by atoms with Gasteiger partial charge in [-0.05, 0) is 30.7 Å². The minimum absolute atomic E-state index is 0.0761. The van der Waals surface area contributed by atoms with E-state index < -0.39 is 21.6 Å². The molecule has 2 aromatic rings. The number of nitrogens with one attached hydrogen (secondary N) is 2. The molecule has 1 unspecified atom stereocenters. The maximum Gasteiger partial charge on any atom is 0.257 e. The van der Waals surface area contributed by atoms with E-state index in [0.29, 0.717) is 23.4 Å². The molecule has 0 radical (unpaired) electrons. The Morgan fingerprint density at radius 2 is 2.04 bits per heavy atom. The van der Waals surface area contributed by atoms with Gasteiger partial charge in [-0.1, -0.05) is 6.07 Å². The van der Waals surface area contributed by atoms with Crippen molar-refractivity contribution >= 4 is 27.1 Å². The standard InChI is InChI=1S/C16H16FN3O3S/c17-12-2-1-3-13(7-12)20-16(21)11-6-15(9-18-8-11)19-14-4-5-24(22,23)10-14/h1-3,6-9,14,19H,4-5,10H2,(H,20,21). The molecule has 126 valence electrons. The van der Waals surface area contributed by atoms with E-state index in [-0.39, 0.29) is 17.5 Å². The summed E-state index contributed by atoms with van der Waals surface area (Å²) in [5, 5.41) is 5.67. The first-order chi connectivity index (χ1) is 11.4. The Bertz CT molecular complexity index is 870. The smallest absolute Gasteiger partial charge is 0.257 e. The second-order valence-corrected chi connectivity index (χ2v) is 7.90. The largest absolute Gasteiger partial charge is 0.380 e. The number of carbonyl (C=O) groups excluding carboxylic acids is 1. The predicted octanol–water partition coefficient (Wildman–Crippen LogP) is 2.07. The zero-order valence-electron chi connectivity index (χ0n) is 12.7. The first-order valence-electron chi connectivity index (χ1n) is 7.40. The van der Waals surface area contributed by atoms with Gasteiger partial charge in [-0.15, -0.1) is 0 Å². The first kappa shape index (κ1) is 16.4. The lowest BCUT2D eigenvalue weighted by molar-refractivity contribution is 0.102. The number of amides is 1. The van der Waals surface area contributed by atoms with Crippen LogP contribution < -0.4 is 10.6 Å². The average Bonchev–Trinajstić information content (AvgIpc) is 2.86. The van der Waals surface area contributed by atoms with Crippen LogP contribution >= 0.6 is 0 Å². The molecule has 2 N–H and O–H groups in total. The molecular weight excluding hydrogens is 333 g/mol. The van der Waals surface area contributed by atoms with Crippen molar-refractivity contribution in [1.29, 1.82) is 0 Å². The van der Waals surface area contributed by atoms with Crippen molar-refractivity contribution in [2.24, 2.45) is 0 Å². The Balaban J connectivity index is 1.69. The summed E-state index contributed by atoms with van der Waals surface area (Å²) in [4.78, 5) is 16.2. The molecule has 0 bridgehead atoms. The Labute approximate surface area is 139 Å². The van der Waals surface area contributed by atoms with Crippen LogP contribution in [0, 0.1) is 5.82 Å². The Morgan fingerprint density at radius 3 is 2.75 bits per heavy atom. The predicted molar refractivity (Wildman–Crippen MR) is 89.3 cm³/mol. The van der Waals surface area contributed by atoms with Crippen LogP contribution in [0.2, 0.25) is 0 Å². The number of rotatable bonds is 4. The number of pyridine rings is 1. The van der Waals surface area contributed by atoms with Crippen LogP contribution in [0.25, 0.3) is 0 Å². The zero-order valence-corrected chi connectivity index (χ0v) is 13.5. The number of sulfone groups is 1. The number of carbonyl (C=O) groups is 1. The summed E-state index contributed by atoms with van der Waals surface area (Å²) in [7, 11) is -2.98. The van der Waals surface area contributed by atoms with E-state index in [0.717, 1.165) is 0 Å². The molecule has 24 heavy (non-hydrogen) atoms. The molecule has 1 saturated heterocycles. The highest BCUT2D eigenvalue weighted by atomic mass is 32.2. The molecule has 1 atom stereocenters. The van der Waals surface area contributed by atoms with Gasteiger partial charge in [0.05, 0.1) is 22.8 Å². The fraction of sp³-hybridized carbons (Fsp3) is 0.250. The highest BCUT2D eigenvalue weighted by molar-refractivity contribution is 7.91. The molecule has 0 spiro atoms. The third kappa shape index (κ3) is 4.08. The number of halogens is 1. The van der Waals surface area contributed by atoms with Crippen molar-refractivity contribution in [2.45, 2.75) is 12.5 Å². The Kier molecular flexibility index (Phi) is 4.48. The van der Waals surface area contributed by atoms with E-state index >= 15 is 0 Å². The average molecular weight is 349 g/mol. The summed E-state index contributed by atoms with van der Waals surface area (Å²) in [5.74, 6) is -0.621. The molecule has 2 heterocycles. The second-order valence-electron chi connectivity index (χ2n) is 5.67. The number of aromatic nitrogens is 1. The van der Waals surface area contributed by atoms with Gasteiger partial charge in [0, 0.05) is 24.1 Å². The summed E-state index contributed by atoms with van der Waals surface area (Å²) < 4.78 is 36.1. The molecule has 1 fully saturated rings. The Morgan fingerprint density at radius 1 is 1.21 bits per heavy atom. The molecule has 1 aromatic carbocycles. The Hall–Kier alpha value is -2.48. The third-order valence-electron chi connectivity index (χ3n) is 3.69. The zero-order chi connectivity index (χ0) is 17.2. The number of benzene rings is 1. The number of hydrogen-bond acceptors (Lipinski definition) is 5. The summed E-state index contributed by atoms with van der Waals surface area (Å²) >= 11 is 0. The van der Waals surface area contributed by atoms with Crippen molar-refractivity contribution in [3.63, 3.8) is 0 Å². The van der Waals surface area contributed by atoms with Crippen molar-refractivity contribution in [3.05, 3.63) is 54.1 Å². The van der Waals surface area contributed by atoms with E-state index in [4.69, 9.17) is 0 Å². The fourth-order valence-electron chi connectivity index (χ4n) is 2.56.